The highest BCUT2D eigenvalue weighted by Crippen LogP contribution is 2.32. The number of fused-ring (bicyclic) bond motifs is 1. The molecule has 1 aliphatic carbocycles. The number of likely N-dealkylation sites (tertiary alicyclic amines) is 1. The van der Waals surface area contributed by atoms with Gasteiger partial charge in [0.1, 0.15) is 5.82 Å². The fraction of sp³-hybridized carbons (Fsp3) is 0.480. The molecule has 0 aromatic carbocycles. The predicted octanol–water partition coefficient (Wildman–Crippen LogP) is 2.69. The van der Waals surface area contributed by atoms with Gasteiger partial charge in [0.15, 0.2) is 0 Å². The van der Waals surface area contributed by atoms with Gasteiger partial charge in [-0.25, -0.2) is 4.98 Å². The minimum absolute atomic E-state index is 0.0995. The molecule has 33 heavy (non-hydrogen) atoms. The normalized spacial score (nSPS) is 22.0. The van der Waals surface area contributed by atoms with Gasteiger partial charge < -0.3 is 14.8 Å². The molecular formula is C25H29N5O3. The average molecular weight is 448 g/mol. The Balaban J connectivity index is 1.34. The van der Waals surface area contributed by atoms with Crippen LogP contribution in [0, 0.1) is 12.8 Å². The maximum atomic E-state index is 13.0. The van der Waals surface area contributed by atoms with Crippen molar-refractivity contribution in [1.82, 2.24) is 24.8 Å². The number of carbonyl (C=O) groups is 2. The lowest BCUT2D eigenvalue weighted by Gasteiger charge is -2.30. The molecular weight excluding hydrogens is 418 g/mol. The number of H-pyrrole nitrogens is 1. The summed E-state index contributed by atoms with van der Waals surface area (Å²) in [5, 5.41) is 0. The van der Waals surface area contributed by atoms with E-state index in [0.29, 0.717) is 48.8 Å². The molecule has 1 N–H and O–H groups in total. The first-order valence-electron chi connectivity index (χ1n) is 11.8. The number of rotatable bonds is 4. The minimum atomic E-state index is -0.211. The zero-order chi connectivity index (χ0) is 22.9. The quantitative estimate of drug-likeness (QED) is 0.727. The first-order chi connectivity index (χ1) is 16.0. The van der Waals surface area contributed by atoms with Crippen LogP contribution in [-0.4, -0.2) is 49.7 Å². The molecule has 2 amide bonds. The Hall–Kier alpha value is -3.29. The van der Waals surface area contributed by atoms with Crippen molar-refractivity contribution in [2.75, 3.05) is 13.1 Å². The summed E-state index contributed by atoms with van der Waals surface area (Å²) in [6.45, 7) is 3.30. The van der Waals surface area contributed by atoms with Gasteiger partial charge in [-0.05, 0) is 50.2 Å². The Morgan fingerprint density at radius 3 is 2.91 bits per heavy atom. The van der Waals surface area contributed by atoms with E-state index in [1.807, 2.05) is 11.8 Å². The molecule has 1 fully saturated rings. The summed E-state index contributed by atoms with van der Waals surface area (Å²) in [6.07, 6.45) is 12.4. The smallest absolute Gasteiger partial charge is 0.256 e. The van der Waals surface area contributed by atoms with E-state index in [1.54, 1.807) is 23.4 Å². The van der Waals surface area contributed by atoms with E-state index in [0.717, 1.165) is 36.9 Å². The summed E-state index contributed by atoms with van der Waals surface area (Å²) >= 11 is 0. The molecule has 3 aliphatic rings. The van der Waals surface area contributed by atoms with Gasteiger partial charge in [0.25, 0.3) is 11.5 Å². The molecule has 8 nitrogen and oxygen atoms in total. The summed E-state index contributed by atoms with van der Waals surface area (Å²) < 4.78 is 0. The Kier molecular flexibility index (Phi) is 5.83. The van der Waals surface area contributed by atoms with Gasteiger partial charge in [-0.15, -0.1) is 0 Å². The van der Waals surface area contributed by atoms with Gasteiger partial charge in [-0.3, -0.25) is 19.4 Å². The lowest BCUT2D eigenvalue weighted by atomic mass is 10.0. The summed E-state index contributed by atoms with van der Waals surface area (Å²) in [6, 6.07) is 1.53. The second-order valence-corrected chi connectivity index (χ2v) is 9.26. The second kappa shape index (κ2) is 8.92. The monoisotopic (exact) mass is 447 g/mol. The van der Waals surface area contributed by atoms with Crippen molar-refractivity contribution in [3.8, 4) is 0 Å². The fourth-order valence-corrected chi connectivity index (χ4v) is 5.22. The number of hydrogen-bond donors (Lipinski definition) is 1. The van der Waals surface area contributed by atoms with E-state index < -0.39 is 0 Å². The number of amides is 2. The Bertz CT molecular complexity index is 1170. The van der Waals surface area contributed by atoms with Crippen LogP contribution in [0.25, 0.3) is 0 Å². The molecule has 0 radical (unpaired) electrons. The molecule has 8 heteroatoms. The highest BCUT2D eigenvalue weighted by atomic mass is 16.2. The van der Waals surface area contributed by atoms with Crippen molar-refractivity contribution in [2.24, 2.45) is 5.92 Å². The lowest BCUT2D eigenvalue weighted by Crippen LogP contribution is -2.41. The minimum Gasteiger partial charge on any atom is -0.334 e. The number of hydrogen-bond acceptors (Lipinski definition) is 5. The van der Waals surface area contributed by atoms with Crippen molar-refractivity contribution in [3.63, 3.8) is 0 Å². The van der Waals surface area contributed by atoms with Crippen LogP contribution in [0.2, 0.25) is 0 Å². The van der Waals surface area contributed by atoms with Crippen LogP contribution >= 0.6 is 0 Å². The van der Waals surface area contributed by atoms with Crippen LogP contribution in [0.1, 0.15) is 71.1 Å². The maximum absolute atomic E-state index is 13.0. The largest absolute Gasteiger partial charge is 0.334 e. The second-order valence-electron chi connectivity index (χ2n) is 9.26. The number of carbonyl (C=O) groups excluding carboxylic acids is 2. The van der Waals surface area contributed by atoms with Crippen LogP contribution in [0.4, 0.5) is 0 Å². The van der Waals surface area contributed by atoms with E-state index in [1.165, 1.54) is 0 Å². The third-order valence-corrected chi connectivity index (χ3v) is 7.06. The number of nitrogens with one attached hydrogen (secondary N) is 1. The van der Waals surface area contributed by atoms with E-state index in [4.69, 9.17) is 4.98 Å². The highest BCUT2D eigenvalue weighted by molar-refractivity contribution is 5.95. The van der Waals surface area contributed by atoms with Crippen LogP contribution in [-0.2, 0) is 17.8 Å². The molecule has 1 saturated heterocycles. The summed E-state index contributed by atoms with van der Waals surface area (Å²) in [5.74, 6) is 0.939. The predicted molar refractivity (Wildman–Crippen MR) is 122 cm³/mol. The van der Waals surface area contributed by atoms with Gasteiger partial charge in [0, 0.05) is 43.9 Å². The Morgan fingerprint density at radius 1 is 1.24 bits per heavy atom. The number of aromatic amines is 1. The van der Waals surface area contributed by atoms with Crippen LogP contribution in [0.5, 0.6) is 0 Å². The van der Waals surface area contributed by atoms with Crippen molar-refractivity contribution in [2.45, 2.75) is 58.0 Å². The fourth-order valence-electron chi connectivity index (χ4n) is 5.22. The summed E-state index contributed by atoms with van der Waals surface area (Å²) in [4.78, 5) is 54.3. The first kappa shape index (κ1) is 21.6. The third kappa shape index (κ3) is 4.21. The SMILES string of the molecule is Cc1cnccc1C(=O)N1CCc2nc([C@H]3CCCN3C(=O)C[C@@H]3C=CCC3)[nH]c(=O)c2C1. The first-order valence-corrected chi connectivity index (χ1v) is 11.8. The number of aryl methyl sites for hydroxylation is 1. The van der Waals surface area contributed by atoms with Crippen molar-refractivity contribution >= 4 is 11.8 Å². The Morgan fingerprint density at radius 2 is 2.12 bits per heavy atom. The molecule has 4 heterocycles. The van der Waals surface area contributed by atoms with Crippen LogP contribution in [0.15, 0.2) is 35.4 Å². The molecule has 2 aromatic heterocycles. The van der Waals surface area contributed by atoms with Crippen molar-refractivity contribution < 1.29 is 9.59 Å². The molecule has 2 atom stereocenters. The van der Waals surface area contributed by atoms with Gasteiger partial charge >= 0.3 is 0 Å². The number of aromatic nitrogens is 3. The topological polar surface area (TPSA) is 99.3 Å². The molecule has 0 saturated carbocycles. The molecule has 0 unspecified atom stereocenters. The van der Waals surface area contributed by atoms with E-state index in [2.05, 4.69) is 22.1 Å². The molecule has 5 rings (SSSR count). The highest BCUT2D eigenvalue weighted by Gasteiger charge is 2.34. The van der Waals surface area contributed by atoms with E-state index in [9.17, 15) is 14.4 Å². The molecule has 2 aromatic rings. The van der Waals surface area contributed by atoms with E-state index in [-0.39, 0.29) is 30.0 Å². The molecule has 0 spiro atoms. The number of allylic oxidation sites excluding steroid dienone is 2. The zero-order valence-electron chi connectivity index (χ0n) is 18.9. The molecule has 0 bridgehead atoms. The Labute approximate surface area is 192 Å². The number of pyridine rings is 1. The van der Waals surface area contributed by atoms with Gasteiger partial charge in [0.2, 0.25) is 5.91 Å². The van der Waals surface area contributed by atoms with Gasteiger partial charge in [-0.1, -0.05) is 12.2 Å². The van der Waals surface area contributed by atoms with Gasteiger partial charge in [-0.2, -0.15) is 0 Å². The third-order valence-electron chi connectivity index (χ3n) is 7.06. The standard InChI is InChI=1S/C25H29N5O3/c1-16-14-26-10-8-18(16)25(33)29-12-9-20-19(15-29)24(32)28-23(27-20)21-7-4-11-30(21)22(31)13-17-5-2-3-6-17/h2,5,8,10,14,17,21H,3-4,6-7,9,11-13,15H2,1H3,(H,27,28,32)/t17-,21-/m1/s1. The van der Waals surface area contributed by atoms with E-state index >= 15 is 0 Å². The lowest BCUT2D eigenvalue weighted by molar-refractivity contribution is -0.133. The van der Waals surface area contributed by atoms with Crippen LogP contribution < -0.4 is 5.56 Å². The molecule has 2 aliphatic heterocycles. The van der Waals surface area contributed by atoms with Crippen molar-refractivity contribution in [1.29, 1.82) is 0 Å². The molecule has 172 valence electrons. The average Bonchev–Trinajstić information content (AvgIpc) is 3.51. The summed E-state index contributed by atoms with van der Waals surface area (Å²) in [7, 11) is 0. The van der Waals surface area contributed by atoms with Crippen molar-refractivity contribution in [3.05, 3.63) is 69.2 Å². The maximum Gasteiger partial charge on any atom is 0.256 e. The van der Waals surface area contributed by atoms with Crippen LogP contribution in [0.3, 0.4) is 0 Å². The number of nitrogens with zero attached hydrogens (tertiary/aromatic N) is 4. The summed E-state index contributed by atoms with van der Waals surface area (Å²) in [5.41, 5.74) is 2.48. The van der Waals surface area contributed by atoms with Gasteiger partial charge in [0.05, 0.1) is 23.8 Å². The zero-order valence-corrected chi connectivity index (χ0v) is 18.9.